The Labute approximate surface area is 107 Å². The van der Waals surface area contributed by atoms with E-state index in [4.69, 9.17) is 0 Å². The van der Waals surface area contributed by atoms with Crippen LogP contribution in [0.2, 0.25) is 0 Å². The maximum absolute atomic E-state index is 11.5. The fraction of sp³-hybridized carbons (Fsp3) is 0.615. The lowest BCUT2D eigenvalue weighted by atomic mass is 10.1. The van der Waals surface area contributed by atoms with Gasteiger partial charge in [0.05, 0.1) is 6.54 Å². The number of thiophene rings is 1. The molecule has 1 aliphatic rings. The molecule has 0 aliphatic heterocycles. The first-order valence-corrected chi connectivity index (χ1v) is 6.97. The molecular weight excluding hydrogens is 232 g/mol. The average Bonchev–Trinajstić information content (AvgIpc) is 3.00. The van der Waals surface area contributed by atoms with Crippen LogP contribution in [0.4, 0.5) is 0 Å². The SMILES string of the molecule is Cc1cc(C(C)NCC(=O)NC2CC2)c(C)s1. The Balaban J connectivity index is 1.81. The van der Waals surface area contributed by atoms with Crippen LogP contribution in [-0.4, -0.2) is 18.5 Å². The normalized spacial score (nSPS) is 16.9. The maximum atomic E-state index is 11.5. The highest BCUT2D eigenvalue weighted by Crippen LogP contribution is 2.25. The first kappa shape index (κ1) is 12.6. The highest BCUT2D eigenvalue weighted by Gasteiger charge is 2.23. The molecule has 1 aromatic heterocycles. The molecule has 3 nitrogen and oxygen atoms in total. The number of amides is 1. The molecule has 1 amide bonds. The van der Waals surface area contributed by atoms with Gasteiger partial charge in [0.1, 0.15) is 0 Å². The predicted molar refractivity (Wildman–Crippen MR) is 71.4 cm³/mol. The van der Waals surface area contributed by atoms with Gasteiger partial charge in [-0.3, -0.25) is 4.79 Å². The molecule has 0 spiro atoms. The second-order valence-electron chi connectivity index (χ2n) is 4.81. The van der Waals surface area contributed by atoms with Crippen molar-refractivity contribution in [1.82, 2.24) is 10.6 Å². The van der Waals surface area contributed by atoms with Crippen molar-refractivity contribution in [2.24, 2.45) is 0 Å². The van der Waals surface area contributed by atoms with E-state index in [1.165, 1.54) is 15.3 Å². The van der Waals surface area contributed by atoms with Crippen molar-refractivity contribution in [2.45, 2.75) is 45.7 Å². The topological polar surface area (TPSA) is 41.1 Å². The van der Waals surface area contributed by atoms with E-state index in [0.717, 1.165) is 12.8 Å². The summed E-state index contributed by atoms with van der Waals surface area (Å²) in [5.41, 5.74) is 1.31. The second kappa shape index (κ2) is 5.19. The zero-order valence-electron chi connectivity index (χ0n) is 10.7. The van der Waals surface area contributed by atoms with Crippen LogP contribution in [0.3, 0.4) is 0 Å². The Kier molecular flexibility index (Phi) is 3.84. The molecule has 2 N–H and O–H groups in total. The van der Waals surface area contributed by atoms with Gasteiger partial charge >= 0.3 is 0 Å². The van der Waals surface area contributed by atoms with Crippen molar-refractivity contribution in [1.29, 1.82) is 0 Å². The summed E-state index contributed by atoms with van der Waals surface area (Å²) < 4.78 is 0. The molecule has 0 bridgehead atoms. The quantitative estimate of drug-likeness (QED) is 0.844. The van der Waals surface area contributed by atoms with E-state index in [1.54, 1.807) is 0 Å². The highest BCUT2D eigenvalue weighted by atomic mass is 32.1. The van der Waals surface area contributed by atoms with E-state index in [9.17, 15) is 4.79 Å². The van der Waals surface area contributed by atoms with Gasteiger partial charge in [0.2, 0.25) is 5.91 Å². The van der Waals surface area contributed by atoms with Crippen molar-refractivity contribution in [3.8, 4) is 0 Å². The van der Waals surface area contributed by atoms with Crippen LogP contribution in [0.15, 0.2) is 6.07 Å². The average molecular weight is 252 g/mol. The van der Waals surface area contributed by atoms with Gasteiger partial charge < -0.3 is 10.6 Å². The Morgan fingerprint density at radius 2 is 2.24 bits per heavy atom. The lowest BCUT2D eigenvalue weighted by molar-refractivity contribution is -0.120. The van der Waals surface area contributed by atoms with Gasteiger partial charge in [-0.1, -0.05) is 0 Å². The molecule has 0 saturated heterocycles. The lowest BCUT2D eigenvalue weighted by Crippen LogP contribution is -2.36. The van der Waals surface area contributed by atoms with E-state index in [-0.39, 0.29) is 11.9 Å². The van der Waals surface area contributed by atoms with Crippen LogP contribution in [-0.2, 0) is 4.79 Å². The first-order valence-electron chi connectivity index (χ1n) is 6.16. The maximum Gasteiger partial charge on any atom is 0.234 e. The highest BCUT2D eigenvalue weighted by molar-refractivity contribution is 7.12. The van der Waals surface area contributed by atoms with Crippen molar-refractivity contribution in [2.75, 3.05) is 6.54 Å². The van der Waals surface area contributed by atoms with Gasteiger partial charge in [-0.05, 0) is 45.2 Å². The van der Waals surface area contributed by atoms with Gasteiger partial charge in [-0.15, -0.1) is 11.3 Å². The van der Waals surface area contributed by atoms with Crippen LogP contribution in [0.5, 0.6) is 0 Å². The smallest absolute Gasteiger partial charge is 0.234 e. The number of nitrogens with one attached hydrogen (secondary N) is 2. The summed E-state index contributed by atoms with van der Waals surface area (Å²) in [6.07, 6.45) is 2.29. The zero-order valence-corrected chi connectivity index (χ0v) is 11.5. The standard InChI is InChI=1S/C13H20N2OS/c1-8-6-12(10(3)17-8)9(2)14-7-13(16)15-11-4-5-11/h6,9,11,14H,4-5,7H2,1-3H3,(H,15,16). The zero-order chi connectivity index (χ0) is 12.4. The molecule has 1 atom stereocenters. The Hall–Kier alpha value is -0.870. The van der Waals surface area contributed by atoms with Gasteiger partial charge in [-0.25, -0.2) is 0 Å². The van der Waals surface area contributed by atoms with E-state index in [2.05, 4.69) is 37.5 Å². The van der Waals surface area contributed by atoms with Gasteiger partial charge in [0, 0.05) is 21.8 Å². The molecule has 0 radical (unpaired) electrons. The van der Waals surface area contributed by atoms with Gasteiger partial charge in [0.15, 0.2) is 0 Å². The van der Waals surface area contributed by atoms with Crippen molar-refractivity contribution >= 4 is 17.2 Å². The molecule has 1 unspecified atom stereocenters. The summed E-state index contributed by atoms with van der Waals surface area (Å²) in [4.78, 5) is 14.2. The molecule has 4 heteroatoms. The van der Waals surface area contributed by atoms with Crippen molar-refractivity contribution in [3.63, 3.8) is 0 Å². The number of aryl methyl sites for hydroxylation is 2. The van der Waals surface area contributed by atoms with Crippen molar-refractivity contribution in [3.05, 3.63) is 21.4 Å². The van der Waals surface area contributed by atoms with Crippen LogP contribution < -0.4 is 10.6 Å². The number of rotatable bonds is 5. The summed E-state index contributed by atoms with van der Waals surface area (Å²) >= 11 is 1.81. The van der Waals surface area contributed by atoms with Crippen LogP contribution in [0.25, 0.3) is 0 Å². The van der Waals surface area contributed by atoms with Crippen LogP contribution >= 0.6 is 11.3 Å². The van der Waals surface area contributed by atoms with Crippen LogP contribution in [0, 0.1) is 13.8 Å². The van der Waals surface area contributed by atoms with Gasteiger partial charge in [0.25, 0.3) is 0 Å². The molecular formula is C13H20N2OS. The Bertz CT molecular complexity index is 410. The molecule has 1 aliphatic carbocycles. The van der Waals surface area contributed by atoms with E-state index < -0.39 is 0 Å². The Morgan fingerprint density at radius 3 is 2.76 bits per heavy atom. The third kappa shape index (κ3) is 3.54. The minimum atomic E-state index is 0.115. The van der Waals surface area contributed by atoms with Crippen LogP contribution in [0.1, 0.15) is 41.1 Å². The molecule has 17 heavy (non-hydrogen) atoms. The molecule has 1 saturated carbocycles. The minimum Gasteiger partial charge on any atom is -0.352 e. The third-order valence-electron chi connectivity index (χ3n) is 3.06. The van der Waals surface area contributed by atoms with Gasteiger partial charge in [-0.2, -0.15) is 0 Å². The molecule has 0 aromatic carbocycles. The number of carbonyl (C=O) groups is 1. The van der Waals surface area contributed by atoms with E-state index >= 15 is 0 Å². The van der Waals surface area contributed by atoms with E-state index in [0.29, 0.717) is 12.6 Å². The second-order valence-corrected chi connectivity index (χ2v) is 6.27. The fourth-order valence-corrected chi connectivity index (χ4v) is 2.96. The summed E-state index contributed by atoms with van der Waals surface area (Å²) in [6.45, 7) is 6.77. The first-order chi connectivity index (χ1) is 8.06. The Morgan fingerprint density at radius 1 is 1.53 bits per heavy atom. The lowest BCUT2D eigenvalue weighted by Gasteiger charge is -2.13. The summed E-state index contributed by atoms with van der Waals surface area (Å²) in [6, 6.07) is 2.89. The molecule has 94 valence electrons. The number of carbonyl (C=O) groups excluding carboxylic acids is 1. The minimum absolute atomic E-state index is 0.115. The fourth-order valence-electron chi connectivity index (χ4n) is 1.94. The van der Waals surface area contributed by atoms with Crippen molar-refractivity contribution < 1.29 is 4.79 Å². The summed E-state index contributed by atoms with van der Waals surface area (Å²) in [5.74, 6) is 0.115. The van der Waals surface area contributed by atoms with E-state index in [1.807, 2.05) is 11.3 Å². The molecule has 2 rings (SSSR count). The molecule has 1 aromatic rings. The summed E-state index contributed by atoms with van der Waals surface area (Å²) in [7, 11) is 0. The third-order valence-corrected chi connectivity index (χ3v) is 4.04. The predicted octanol–water partition coefficient (Wildman–Crippen LogP) is 2.29. The molecule has 1 fully saturated rings. The summed E-state index contributed by atoms with van der Waals surface area (Å²) in [5, 5.41) is 6.26. The monoisotopic (exact) mass is 252 g/mol. The number of hydrogen-bond donors (Lipinski definition) is 2. The largest absolute Gasteiger partial charge is 0.352 e. The molecule has 1 heterocycles. The number of hydrogen-bond acceptors (Lipinski definition) is 3.